The highest BCUT2D eigenvalue weighted by molar-refractivity contribution is 6.28. The summed E-state index contributed by atoms with van der Waals surface area (Å²) in [6.07, 6.45) is 8.62. The maximum Gasteiger partial charge on any atom is 0.231 e. The second-order valence-corrected chi connectivity index (χ2v) is 8.06. The van der Waals surface area contributed by atoms with Gasteiger partial charge < -0.3 is 5.32 Å². The summed E-state index contributed by atoms with van der Waals surface area (Å²) >= 11 is 5.80. The summed E-state index contributed by atoms with van der Waals surface area (Å²) in [5.41, 5.74) is 0.182. The van der Waals surface area contributed by atoms with Crippen molar-refractivity contribution in [2.45, 2.75) is 45.4 Å². The molecule has 4 nitrogen and oxygen atoms in total. The van der Waals surface area contributed by atoms with Gasteiger partial charge in [0.2, 0.25) is 11.2 Å². The molecule has 4 bridgehead atoms. The fourth-order valence-corrected chi connectivity index (χ4v) is 5.79. The first-order valence-corrected chi connectivity index (χ1v) is 8.14. The minimum absolute atomic E-state index is 0.137. The van der Waals surface area contributed by atoms with Crippen molar-refractivity contribution in [2.75, 3.05) is 5.32 Å². The summed E-state index contributed by atoms with van der Waals surface area (Å²) < 4.78 is 0. The largest absolute Gasteiger partial charge is 0.310 e. The molecule has 1 amide bonds. The average molecular weight is 306 g/mol. The van der Waals surface area contributed by atoms with Crippen molar-refractivity contribution >= 4 is 23.3 Å². The van der Waals surface area contributed by atoms with Gasteiger partial charge in [0.1, 0.15) is 5.82 Å². The van der Waals surface area contributed by atoms with Crippen molar-refractivity contribution in [3.05, 3.63) is 17.5 Å². The van der Waals surface area contributed by atoms with Crippen LogP contribution in [0, 0.1) is 22.7 Å². The number of aromatic nitrogens is 2. The lowest BCUT2D eigenvalue weighted by Gasteiger charge is -2.60. The Morgan fingerprint density at radius 3 is 2.67 bits per heavy atom. The number of hydrogen-bond donors (Lipinski definition) is 1. The zero-order chi connectivity index (χ0) is 14.7. The Labute approximate surface area is 129 Å². The van der Waals surface area contributed by atoms with Crippen LogP contribution in [-0.4, -0.2) is 15.9 Å². The molecule has 4 aliphatic rings. The minimum atomic E-state index is -0.184. The first kappa shape index (κ1) is 13.5. The number of anilines is 1. The zero-order valence-corrected chi connectivity index (χ0v) is 13.0. The Balaban J connectivity index is 1.59. The van der Waals surface area contributed by atoms with Crippen LogP contribution in [0.25, 0.3) is 0 Å². The van der Waals surface area contributed by atoms with Crippen molar-refractivity contribution < 1.29 is 4.79 Å². The van der Waals surface area contributed by atoms with E-state index in [0.717, 1.165) is 31.1 Å². The fraction of sp³-hybridized carbons (Fsp3) is 0.688. The van der Waals surface area contributed by atoms with Crippen molar-refractivity contribution in [1.82, 2.24) is 9.97 Å². The van der Waals surface area contributed by atoms with Gasteiger partial charge in [-0.2, -0.15) is 0 Å². The molecule has 2 atom stereocenters. The summed E-state index contributed by atoms with van der Waals surface area (Å²) in [5.74, 6) is 2.12. The molecule has 4 aliphatic carbocycles. The first-order chi connectivity index (χ1) is 9.96. The zero-order valence-electron chi connectivity index (χ0n) is 12.2. The SMILES string of the molecule is CC12CC3CC(C1)CC(C(=O)Nc1ccnc(Cl)n1)(C3)C2. The third-order valence-corrected chi connectivity index (χ3v) is 5.89. The van der Waals surface area contributed by atoms with Gasteiger partial charge >= 0.3 is 0 Å². The van der Waals surface area contributed by atoms with Crippen LogP contribution >= 0.6 is 11.6 Å². The molecule has 4 saturated carbocycles. The van der Waals surface area contributed by atoms with Crippen LogP contribution in [0.1, 0.15) is 45.4 Å². The van der Waals surface area contributed by atoms with E-state index in [1.54, 1.807) is 12.3 Å². The number of halogens is 1. The van der Waals surface area contributed by atoms with Crippen LogP contribution in [0.3, 0.4) is 0 Å². The van der Waals surface area contributed by atoms with E-state index in [4.69, 9.17) is 11.6 Å². The smallest absolute Gasteiger partial charge is 0.231 e. The molecular formula is C16H20ClN3O. The molecule has 0 spiro atoms. The number of nitrogens with one attached hydrogen (secondary N) is 1. The fourth-order valence-electron chi connectivity index (χ4n) is 5.64. The molecular weight excluding hydrogens is 286 g/mol. The summed E-state index contributed by atoms with van der Waals surface area (Å²) in [6, 6.07) is 1.70. The molecule has 1 heterocycles. The van der Waals surface area contributed by atoms with Gasteiger partial charge in [0.25, 0.3) is 0 Å². The van der Waals surface area contributed by atoms with Crippen LogP contribution < -0.4 is 5.32 Å². The lowest BCUT2D eigenvalue weighted by Crippen LogP contribution is -2.55. The Bertz CT molecular complexity index is 589. The van der Waals surface area contributed by atoms with Crippen molar-refractivity contribution in [2.24, 2.45) is 22.7 Å². The molecule has 0 aromatic carbocycles. The molecule has 1 N–H and O–H groups in total. The Morgan fingerprint density at radius 1 is 1.33 bits per heavy atom. The first-order valence-electron chi connectivity index (χ1n) is 7.76. The van der Waals surface area contributed by atoms with E-state index < -0.39 is 0 Å². The van der Waals surface area contributed by atoms with Crippen LogP contribution in [0.5, 0.6) is 0 Å². The quantitative estimate of drug-likeness (QED) is 0.848. The molecule has 2 unspecified atom stereocenters. The predicted octanol–water partition coefficient (Wildman–Crippen LogP) is 3.68. The molecule has 0 radical (unpaired) electrons. The topological polar surface area (TPSA) is 54.9 Å². The van der Waals surface area contributed by atoms with Crippen molar-refractivity contribution in [1.29, 1.82) is 0 Å². The van der Waals surface area contributed by atoms with Gasteiger partial charge in [-0.1, -0.05) is 6.92 Å². The van der Waals surface area contributed by atoms with Gasteiger partial charge in [0.05, 0.1) is 5.41 Å². The van der Waals surface area contributed by atoms with E-state index in [1.165, 1.54) is 19.3 Å². The highest BCUT2D eigenvalue weighted by atomic mass is 35.5. The predicted molar refractivity (Wildman–Crippen MR) is 80.9 cm³/mol. The van der Waals surface area contributed by atoms with Gasteiger partial charge in [0, 0.05) is 6.20 Å². The van der Waals surface area contributed by atoms with Crippen molar-refractivity contribution in [3.63, 3.8) is 0 Å². The second-order valence-electron chi connectivity index (χ2n) is 7.72. The van der Waals surface area contributed by atoms with E-state index in [-0.39, 0.29) is 16.6 Å². The maximum absolute atomic E-state index is 12.9. The third kappa shape index (κ3) is 2.24. The minimum Gasteiger partial charge on any atom is -0.310 e. The Kier molecular flexibility index (Phi) is 2.84. The van der Waals surface area contributed by atoms with Gasteiger partial charge in [-0.3, -0.25) is 4.79 Å². The Morgan fingerprint density at radius 2 is 2.05 bits per heavy atom. The third-order valence-electron chi connectivity index (χ3n) is 5.70. The number of carbonyl (C=O) groups is 1. The molecule has 5 heteroatoms. The van der Waals surface area contributed by atoms with Crippen molar-refractivity contribution in [3.8, 4) is 0 Å². The van der Waals surface area contributed by atoms with Gasteiger partial charge in [-0.05, 0) is 73.4 Å². The molecule has 1 aromatic rings. The van der Waals surface area contributed by atoms with Gasteiger partial charge in [-0.25, -0.2) is 9.97 Å². The maximum atomic E-state index is 12.9. The lowest BCUT2D eigenvalue weighted by atomic mass is 9.44. The van der Waals surface area contributed by atoms with Crippen LogP contribution in [0.2, 0.25) is 5.28 Å². The number of hydrogen-bond acceptors (Lipinski definition) is 3. The van der Waals surface area contributed by atoms with Crippen LogP contribution in [-0.2, 0) is 4.79 Å². The van der Waals surface area contributed by atoms with E-state index in [0.29, 0.717) is 11.2 Å². The number of amides is 1. The molecule has 4 fully saturated rings. The second kappa shape index (κ2) is 4.42. The number of carbonyl (C=O) groups excluding carboxylic acids is 1. The summed E-state index contributed by atoms with van der Waals surface area (Å²) in [6.45, 7) is 2.37. The highest BCUT2D eigenvalue weighted by Gasteiger charge is 2.58. The van der Waals surface area contributed by atoms with Gasteiger partial charge in [-0.15, -0.1) is 0 Å². The van der Waals surface area contributed by atoms with E-state index in [9.17, 15) is 4.79 Å². The lowest BCUT2D eigenvalue weighted by molar-refractivity contribution is -0.149. The monoisotopic (exact) mass is 305 g/mol. The van der Waals surface area contributed by atoms with E-state index in [1.807, 2.05) is 0 Å². The highest BCUT2D eigenvalue weighted by Crippen LogP contribution is 2.65. The van der Waals surface area contributed by atoms with Crippen LogP contribution in [0.4, 0.5) is 5.82 Å². The number of nitrogens with zero attached hydrogens (tertiary/aromatic N) is 2. The standard InChI is InChI=1S/C16H20ClN3O/c1-15-5-10-4-11(6-15)8-16(7-10,9-15)13(21)19-12-2-3-18-14(17)20-12/h2-3,10-11H,4-9H2,1H3,(H,18,19,20,21). The van der Waals surface area contributed by atoms with Gasteiger partial charge in [0.15, 0.2) is 0 Å². The molecule has 112 valence electrons. The molecule has 0 aliphatic heterocycles. The normalized spacial score (nSPS) is 40.3. The molecule has 0 saturated heterocycles. The number of rotatable bonds is 2. The van der Waals surface area contributed by atoms with E-state index >= 15 is 0 Å². The molecule has 5 rings (SSSR count). The Hall–Kier alpha value is -1.16. The molecule has 1 aromatic heterocycles. The average Bonchev–Trinajstić information content (AvgIpc) is 2.35. The van der Waals surface area contributed by atoms with Crippen LogP contribution in [0.15, 0.2) is 12.3 Å². The summed E-state index contributed by atoms with van der Waals surface area (Å²) in [4.78, 5) is 20.8. The summed E-state index contributed by atoms with van der Waals surface area (Å²) in [5, 5.41) is 3.15. The molecule has 21 heavy (non-hydrogen) atoms. The van der Waals surface area contributed by atoms with E-state index in [2.05, 4.69) is 22.2 Å². The summed E-state index contributed by atoms with van der Waals surface area (Å²) in [7, 11) is 0.